The minimum Gasteiger partial charge on any atom is -0.455 e. The number of hydrogen-bond acceptors (Lipinski definition) is 3. The maximum atomic E-state index is 5.71. The van der Waals surface area contributed by atoms with Crippen LogP contribution in [0, 0.1) is 0 Å². The highest BCUT2D eigenvalue weighted by molar-refractivity contribution is 7.98. The number of furan rings is 1. The third-order valence-corrected chi connectivity index (χ3v) is 3.65. The molecule has 0 unspecified atom stereocenters. The molecule has 0 aliphatic carbocycles. The van der Waals surface area contributed by atoms with Crippen molar-refractivity contribution in [2.24, 2.45) is 4.99 Å². The number of fused-ring (bicyclic) bond motifs is 1. The predicted octanol–water partition coefficient (Wildman–Crippen LogP) is 4.91. The summed E-state index contributed by atoms with van der Waals surface area (Å²) in [4.78, 5) is 5.66. The van der Waals surface area contributed by atoms with E-state index in [1.807, 2.05) is 48.5 Å². The summed E-state index contributed by atoms with van der Waals surface area (Å²) in [7, 11) is 0. The number of benzene rings is 2. The van der Waals surface area contributed by atoms with Gasteiger partial charge in [-0.05, 0) is 30.5 Å². The summed E-state index contributed by atoms with van der Waals surface area (Å²) in [5, 5.41) is 1.10. The Labute approximate surface area is 116 Å². The minimum absolute atomic E-state index is 0.775. The average Bonchev–Trinajstić information content (AvgIpc) is 2.88. The van der Waals surface area contributed by atoms with Crippen LogP contribution in [0.3, 0.4) is 0 Å². The molecule has 0 aliphatic rings. The number of hydrogen-bond donors (Lipinski definition) is 0. The van der Waals surface area contributed by atoms with Crippen LogP contribution in [-0.2, 0) is 0 Å². The van der Waals surface area contributed by atoms with Crippen molar-refractivity contribution in [2.45, 2.75) is 4.90 Å². The first-order valence-electron chi connectivity index (χ1n) is 6.02. The van der Waals surface area contributed by atoms with Crippen LogP contribution in [-0.4, -0.2) is 12.5 Å². The maximum Gasteiger partial charge on any atom is 0.146 e. The lowest BCUT2D eigenvalue weighted by Gasteiger charge is -1.99. The van der Waals surface area contributed by atoms with Crippen LogP contribution in [0.1, 0.15) is 5.76 Å². The second-order valence-corrected chi connectivity index (χ2v) is 4.96. The second-order valence-electron chi connectivity index (χ2n) is 4.12. The molecular weight excluding hydrogens is 254 g/mol. The average molecular weight is 267 g/mol. The third-order valence-electron chi connectivity index (χ3n) is 2.86. The van der Waals surface area contributed by atoms with Crippen LogP contribution < -0.4 is 0 Å². The Bertz CT molecular complexity index is 697. The van der Waals surface area contributed by atoms with Crippen molar-refractivity contribution in [2.75, 3.05) is 6.26 Å². The molecule has 2 aromatic carbocycles. The van der Waals surface area contributed by atoms with Gasteiger partial charge in [0, 0.05) is 10.3 Å². The second kappa shape index (κ2) is 5.33. The van der Waals surface area contributed by atoms with Gasteiger partial charge >= 0.3 is 0 Å². The van der Waals surface area contributed by atoms with Crippen molar-refractivity contribution in [1.29, 1.82) is 0 Å². The summed E-state index contributed by atoms with van der Waals surface area (Å²) < 4.78 is 5.71. The molecule has 0 N–H and O–H groups in total. The molecule has 0 aliphatic heterocycles. The molecule has 3 rings (SSSR count). The number of para-hydroxylation sites is 2. The van der Waals surface area contributed by atoms with Gasteiger partial charge in [-0.3, -0.25) is 4.99 Å². The zero-order valence-electron chi connectivity index (χ0n) is 10.5. The Kier molecular flexibility index (Phi) is 3.38. The molecule has 0 fully saturated rings. The zero-order valence-corrected chi connectivity index (χ0v) is 11.4. The van der Waals surface area contributed by atoms with Gasteiger partial charge < -0.3 is 4.42 Å². The lowest BCUT2D eigenvalue weighted by molar-refractivity contribution is 0.608. The van der Waals surface area contributed by atoms with E-state index < -0.39 is 0 Å². The Hall–Kier alpha value is -2.00. The Morgan fingerprint density at radius 1 is 1.05 bits per heavy atom. The molecule has 0 amide bonds. The smallest absolute Gasteiger partial charge is 0.146 e. The van der Waals surface area contributed by atoms with Gasteiger partial charge in [0.25, 0.3) is 0 Å². The summed E-state index contributed by atoms with van der Waals surface area (Å²) in [5.74, 6) is 0.775. The maximum absolute atomic E-state index is 5.71. The molecule has 19 heavy (non-hydrogen) atoms. The third kappa shape index (κ3) is 2.56. The molecule has 94 valence electrons. The van der Waals surface area contributed by atoms with Crippen molar-refractivity contribution < 1.29 is 4.42 Å². The molecule has 1 heterocycles. The van der Waals surface area contributed by atoms with E-state index in [1.165, 1.54) is 0 Å². The van der Waals surface area contributed by atoms with Crippen molar-refractivity contribution in [3.05, 3.63) is 60.4 Å². The van der Waals surface area contributed by atoms with E-state index in [4.69, 9.17) is 4.42 Å². The fourth-order valence-electron chi connectivity index (χ4n) is 1.94. The highest BCUT2D eigenvalue weighted by atomic mass is 32.2. The zero-order chi connectivity index (χ0) is 13.1. The van der Waals surface area contributed by atoms with Crippen LogP contribution >= 0.6 is 11.8 Å². The summed E-state index contributed by atoms with van der Waals surface area (Å²) in [6.45, 7) is 0. The van der Waals surface area contributed by atoms with E-state index >= 15 is 0 Å². The molecule has 0 radical (unpaired) electrons. The minimum atomic E-state index is 0.775. The monoisotopic (exact) mass is 267 g/mol. The summed E-state index contributed by atoms with van der Waals surface area (Å²) in [6.07, 6.45) is 3.82. The highest BCUT2D eigenvalue weighted by Gasteiger charge is 2.01. The molecule has 0 saturated carbocycles. The molecule has 3 aromatic rings. The molecule has 1 aromatic heterocycles. The van der Waals surface area contributed by atoms with Crippen molar-refractivity contribution in [3.63, 3.8) is 0 Å². The SMILES string of the molecule is CSc1ccccc1N=Cc1cc2ccccc2o1. The lowest BCUT2D eigenvalue weighted by Crippen LogP contribution is -1.76. The van der Waals surface area contributed by atoms with E-state index in [2.05, 4.69) is 17.3 Å². The standard InChI is InChI=1S/C16H13NOS/c1-19-16-9-5-3-7-14(16)17-11-13-10-12-6-2-4-8-15(12)18-13/h2-11H,1H3. The molecular formula is C16H13NOS. The summed E-state index contributed by atoms with van der Waals surface area (Å²) >= 11 is 1.69. The predicted molar refractivity (Wildman–Crippen MR) is 81.7 cm³/mol. The normalized spacial score (nSPS) is 11.4. The van der Waals surface area contributed by atoms with E-state index in [1.54, 1.807) is 18.0 Å². The van der Waals surface area contributed by atoms with Crippen LogP contribution in [0.25, 0.3) is 11.0 Å². The van der Waals surface area contributed by atoms with Crippen LogP contribution in [0.15, 0.2) is 68.9 Å². The fourth-order valence-corrected chi connectivity index (χ4v) is 2.48. The highest BCUT2D eigenvalue weighted by Crippen LogP contribution is 2.27. The number of rotatable bonds is 3. The van der Waals surface area contributed by atoms with Gasteiger partial charge in [-0.25, -0.2) is 0 Å². The number of nitrogens with zero attached hydrogens (tertiary/aromatic N) is 1. The van der Waals surface area contributed by atoms with Gasteiger partial charge in [-0.15, -0.1) is 11.8 Å². The van der Waals surface area contributed by atoms with Gasteiger partial charge in [0.15, 0.2) is 0 Å². The molecule has 3 heteroatoms. The lowest BCUT2D eigenvalue weighted by atomic mass is 10.2. The number of thioether (sulfide) groups is 1. The first-order chi connectivity index (χ1) is 9.36. The number of aliphatic imine (C=N–C) groups is 1. The van der Waals surface area contributed by atoms with Crippen LogP contribution in [0.2, 0.25) is 0 Å². The quantitative estimate of drug-likeness (QED) is 0.498. The molecule has 0 bridgehead atoms. The molecule has 2 nitrogen and oxygen atoms in total. The van der Waals surface area contributed by atoms with Gasteiger partial charge in [0.2, 0.25) is 0 Å². The largest absolute Gasteiger partial charge is 0.455 e. The van der Waals surface area contributed by atoms with Gasteiger partial charge in [-0.2, -0.15) is 0 Å². The summed E-state index contributed by atoms with van der Waals surface area (Å²) in [5.41, 5.74) is 1.86. The Balaban J connectivity index is 1.93. The van der Waals surface area contributed by atoms with E-state index in [9.17, 15) is 0 Å². The van der Waals surface area contributed by atoms with Gasteiger partial charge in [-0.1, -0.05) is 30.3 Å². The van der Waals surface area contributed by atoms with E-state index in [0.717, 1.165) is 27.3 Å². The van der Waals surface area contributed by atoms with Crippen LogP contribution in [0.4, 0.5) is 5.69 Å². The van der Waals surface area contributed by atoms with Gasteiger partial charge in [0.05, 0.1) is 11.9 Å². The first-order valence-corrected chi connectivity index (χ1v) is 7.25. The van der Waals surface area contributed by atoms with E-state index in [-0.39, 0.29) is 0 Å². The van der Waals surface area contributed by atoms with Crippen molar-refractivity contribution in [1.82, 2.24) is 0 Å². The van der Waals surface area contributed by atoms with E-state index in [0.29, 0.717) is 0 Å². The summed E-state index contributed by atoms with van der Waals surface area (Å²) in [6, 6.07) is 18.0. The Morgan fingerprint density at radius 3 is 2.68 bits per heavy atom. The molecule has 0 saturated heterocycles. The fraction of sp³-hybridized carbons (Fsp3) is 0.0625. The first kappa shape index (κ1) is 12.1. The van der Waals surface area contributed by atoms with Gasteiger partial charge in [0.1, 0.15) is 11.3 Å². The van der Waals surface area contributed by atoms with Crippen LogP contribution in [0.5, 0.6) is 0 Å². The Morgan fingerprint density at radius 2 is 1.84 bits per heavy atom. The topological polar surface area (TPSA) is 25.5 Å². The molecule has 0 spiro atoms. The van der Waals surface area contributed by atoms with Crippen molar-refractivity contribution in [3.8, 4) is 0 Å². The van der Waals surface area contributed by atoms with Crippen molar-refractivity contribution >= 4 is 34.6 Å². The molecule has 0 atom stereocenters.